The molecule has 5 rings (SSSR count). The van der Waals surface area contributed by atoms with Crippen LogP contribution in [0.1, 0.15) is 43.7 Å². The average Bonchev–Trinajstić information content (AvgIpc) is 3.52. The Morgan fingerprint density at radius 2 is 1.94 bits per heavy atom. The van der Waals surface area contributed by atoms with Gasteiger partial charge in [-0.3, -0.25) is 9.36 Å². The van der Waals surface area contributed by atoms with Gasteiger partial charge in [-0.15, -0.1) is 0 Å². The molecule has 1 aromatic heterocycles. The van der Waals surface area contributed by atoms with E-state index in [9.17, 15) is 14.0 Å². The lowest BCUT2D eigenvalue weighted by Gasteiger charge is -2.34. The third kappa shape index (κ3) is 4.21. The van der Waals surface area contributed by atoms with Crippen LogP contribution < -0.4 is 11.0 Å². The van der Waals surface area contributed by atoms with Crippen molar-refractivity contribution in [2.45, 2.75) is 44.2 Å². The zero-order chi connectivity index (χ0) is 22.2. The van der Waals surface area contributed by atoms with E-state index in [4.69, 9.17) is 0 Å². The highest BCUT2D eigenvalue weighted by Gasteiger charge is 2.44. The SMILES string of the molecule is CC(CN1CCC(n2c(=O)[nH]c3cc(F)ccc32)CC1)NC(=O)C1CC1c1ccccc1. The minimum atomic E-state index is -0.349. The van der Waals surface area contributed by atoms with E-state index in [0.29, 0.717) is 11.4 Å². The lowest BCUT2D eigenvalue weighted by atomic mass is 10.0. The van der Waals surface area contributed by atoms with E-state index in [-0.39, 0.29) is 35.4 Å². The van der Waals surface area contributed by atoms with Crippen molar-refractivity contribution in [2.75, 3.05) is 19.6 Å². The van der Waals surface area contributed by atoms with Crippen LogP contribution in [0.4, 0.5) is 4.39 Å². The van der Waals surface area contributed by atoms with Gasteiger partial charge in [-0.25, -0.2) is 9.18 Å². The highest BCUT2D eigenvalue weighted by molar-refractivity contribution is 5.83. The number of nitrogens with zero attached hydrogens (tertiary/aromatic N) is 2. The summed E-state index contributed by atoms with van der Waals surface area (Å²) in [5.74, 6) is 0.239. The van der Waals surface area contributed by atoms with Crippen LogP contribution in [0.25, 0.3) is 11.0 Å². The Kier molecular flexibility index (Phi) is 5.59. The third-order valence-corrected chi connectivity index (χ3v) is 6.88. The molecule has 1 aliphatic carbocycles. The molecule has 0 spiro atoms. The first-order valence-electron chi connectivity index (χ1n) is 11.5. The summed E-state index contributed by atoms with van der Waals surface area (Å²) in [7, 11) is 0. The largest absolute Gasteiger partial charge is 0.352 e. The summed E-state index contributed by atoms with van der Waals surface area (Å²) in [4.78, 5) is 30.2. The van der Waals surface area contributed by atoms with E-state index >= 15 is 0 Å². The van der Waals surface area contributed by atoms with Crippen LogP contribution in [-0.2, 0) is 4.79 Å². The molecule has 2 fully saturated rings. The number of carbonyl (C=O) groups excluding carboxylic acids is 1. The molecule has 3 atom stereocenters. The maximum Gasteiger partial charge on any atom is 0.326 e. The Morgan fingerprint density at radius 1 is 1.19 bits per heavy atom. The number of benzene rings is 2. The summed E-state index contributed by atoms with van der Waals surface area (Å²) in [5.41, 5.74) is 2.37. The first kappa shape index (κ1) is 20.9. The molecule has 3 unspecified atom stereocenters. The second-order valence-electron chi connectivity index (χ2n) is 9.26. The van der Waals surface area contributed by atoms with Crippen molar-refractivity contribution in [3.8, 4) is 0 Å². The monoisotopic (exact) mass is 436 g/mol. The molecule has 1 saturated carbocycles. The first-order valence-corrected chi connectivity index (χ1v) is 11.5. The quantitative estimate of drug-likeness (QED) is 0.622. The molecule has 2 heterocycles. The summed E-state index contributed by atoms with van der Waals surface area (Å²) >= 11 is 0. The lowest BCUT2D eigenvalue weighted by molar-refractivity contribution is -0.123. The van der Waals surface area contributed by atoms with Gasteiger partial charge in [-0.2, -0.15) is 0 Å². The van der Waals surface area contributed by atoms with Crippen molar-refractivity contribution in [3.63, 3.8) is 0 Å². The van der Waals surface area contributed by atoms with E-state index in [0.717, 1.165) is 44.4 Å². The van der Waals surface area contributed by atoms with Crippen molar-refractivity contribution in [1.29, 1.82) is 0 Å². The van der Waals surface area contributed by atoms with Crippen molar-refractivity contribution in [2.24, 2.45) is 5.92 Å². The molecule has 0 radical (unpaired) electrons. The topological polar surface area (TPSA) is 70.1 Å². The highest BCUT2D eigenvalue weighted by Crippen LogP contribution is 2.47. The summed E-state index contributed by atoms with van der Waals surface area (Å²) in [5, 5.41) is 3.19. The summed E-state index contributed by atoms with van der Waals surface area (Å²) in [6.45, 7) is 4.58. The van der Waals surface area contributed by atoms with Crippen molar-refractivity contribution in [3.05, 3.63) is 70.4 Å². The fourth-order valence-electron chi connectivity index (χ4n) is 5.16. The van der Waals surface area contributed by atoms with E-state index in [1.165, 1.54) is 17.7 Å². The predicted octanol–water partition coefficient (Wildman–Crippen LogP) is 3.41. The molecular weight excluding hydrogens is 407 g/mol. The Labute approximate surface area is 186 Å². The molecule has 1 aliphatic heterocycles. The second-order valence-corrected chi connectivity index (χ2v) is 9.26. The van der Waals surface area contributed by atoms with Crippen LogP contribution in [0.3, 0.4) is 0 Å². The number of hydrogen-bond acceptors (Lipinski definition) is 3. The number of aromatic amines is 1. The van der Waals surface area contributed by atoms with Crippen LogP contribution in [0, 0.1) is 11.7 Å². The zero-order valence-corrected chi connectivity index (χ0v) is 18.3. The van der Waals surface area contributed by atoms with Crippen LogP contribution in [0.15, 0.2) is 53.3 Å². The van der Waals surface area contributed by atoms with Gasteiger partial charge in [0, 0.05) is 37.6 Å². The van der Waals surface area contributed by atoms with Crippen LogP contribution in [-0.4, -0.2) is 46.0 Å². The molecule has 7 heteroatoms. The minimum Gasteiger partial charge on any atom is -0.352 e. The molecule has 3 aromatic rings. The van der Waals surface area contributed by atoms with Gasteiger partial charge >= 0.3 is 5.69 Å². The van der Waals surface area contributed by atoms with Crippen LogP contribution >= 0.6 is 0 Å². The number of amides is 1. The number of likely N-dealkylation sites (tertiary alicyclic amines) is 1. The number of carbonyl (C=O) groups is 1. The number of nitrogens with one attached hydrogen (secondary N) is 2. The highest BCUT2D eigenvalue weighted by atomic mass is 19.1. The molecule has 32 heavy (non-hydrogen) atoms. The normalized spacial score (nSPS) is 22.7. The number of fused-ring (bicyclic) bond motifs is 1. The second kappa shape index (κ2) is 8.54. The van der Waals surface area contributed by atoms with E-state index in [1.54, 1.807) is 10.6 Å². The molecule has 2 aromatic carbocycles. The van der Waals surface area contributed by atoms with Gasteiger partial charge in [-0.1, -0.05) is 30.3 Å². The third-order valence-electron chi connectivity index (χ3n) is 6.88. The molecule has 2 aliphatic rings. The van der Waals surface area contributed by atoms with Gasteiger partial charge in [0.05, 0.1) is 11.0 Å². The van der Waals surface area contributed by atoms with E-state index in [2.05, 4.69) is 34.3 Å². The first-order chi connectivity index (χ1) is 15.5. The summed E-state index contributed by atoms with van der Waals surface area (Å²) in [6, 6.07) is 14.9. The number of rotatable bonds is 6. The molecule has 0 bridgehead atoms. The minimum absolute atomic E-state index is 0.0786. The number of H-pyrrole nitrogens is 1. The summed E-state index contributed by atoms with van der Waals surface area (Å²) in [6.07, 6.45) is 2.63. The van der Waals surface area contributed by atoms with Crippen LogP contribution in [0.2, 0.25) is 0 Å². The fraction of sp³-hybridized carbons (Fsp3) is 0.440. The smallest absolute Gasteiger partial charge is 0.326 e. The van der Waals surface area contributed by atoms with Gasteiger partial charge in [0.1, 0.15) is 5.82 Å². The Morgan fingerprint density at radius 3 is 2.69 bits per heavy atom. The van der Waals surface area contributed by atoms with Crippen LogP contribution in [0.5, 0.6) is 0 Å². The summed E-state index contributed by atoms with van der Waals surface area (Å²) < 4.78 is 15.2. The Bertz CT molecular complexity index is 1160. The van der Waals surface area contributed by atoms with Crippen molar-refractivity contribution < 1.29 is 9.18 Å². The molecule has 1 saturated heterocycles. The fourth-order valence-corrected chi connectivity index (χ4v) is 5.16. The standard InChI is InChI=1S/C25H29FN4O2/c1-16(27-24(31)21-14-20(21)17-5-3-2-4-6-17)15-29-11-9-19(10-12-29)30-23-8-7-18(26)13-22(23)28-25(30)32/h2-8,13,16,19-21H,9-12,14-15H2,1H3,(H,27,31)(H,28,32). The van der Waals surface area contributed by atoms with Gasteiger partial charge < -0.3 is 15.2 Å². The Balaban J connectivity index is 1.13. The van der Waals surface area contributed by atoms with Gasteiger partial charge in [0.25, 0.3) is 0 Å². The molecular formula is C25H29FN4O2. The zero-order valence-electron chi connectivity index (χ0n) is 18.3. The average molecular weight is 437 g/mol. The van der Waals surface area contributed by atoms with Crippen molar-refractivity contribution in [1.82, 2.24) is 19.8 Å². The van der Waals surface area contributed by atoms with Gasteiger partial charge in [0.15, 0.2) is 0 Å². The molecule has 6 nitrogen and oxygen atoms in total. The maximum absolute atomic E-state index is 13.5. The number of halogens is 1. The number of aromatic nitrogens is 2. The van der Waals surface area contributed by atoms with Crippen molar-refractivity contribution >= 4 is 16.9 Å². The Hall–Kier alpha value is -2.93. The van der Waals surface area contributed by atoms with Gasteiger partial charge in [-0.05, 0) is 55.9 Å². The molecule has 2 N–H and O–H groups in total. The predicted molar refractivity (Wildman–Crippen MR) is 122 cm³/mol. The molecule has 1 amide bonds. The number of imidazole rings is 1. The number of hydrogen-bond donors (Lipinski definition) is 2. The van der Waals surface area contributed by atoms with Gasteiger partial charge in [0.2, 0.25) is 5.91 Å². The lowest BCUT2D eigenvalue weighted by Crippen LogP contribution is -2.45. The van der Waals surface area contributed by atoms with E-state index in [1.807, 2.05) is 18.2 Å². The number of piperidine rings is 1. The molecule has 168 valence electrons. The van der Waals surface area contributed by atoms with E-state index < -0.39 is 0 Å². The maximum atomic E-state index is 13.5.